The van der Waals surface area contributed by atoms with Crippen LogP contribution in [0.1, 0.15) is 20.8 Å². The summed E-state index contributed by atoms with van der Waals surface area (Å²) < 4.78 is 2.53. The zero-order chi connectivity index (χ0) is 15.6. The molecule has 0 radical (unpaired) electrons. The number of para-hydroxylation sites is 2. The predicted molar refractivity (Wildman–Crippen MR) is 100 cm³/mol. The Kier molecular flexibility index (Phi) is 4.21. The molecule has 1 aromatic heterocycles. The molecule has 0 spiro atoms. The maximum absolute atomic E-state index is 2.53. The fourth-order valence-corrected chi connectivity index (χ4v) is 7.47. The minimum Gasteiger partial charge on any atom is -0.318 e. The van der Waals surface area contributed by atoms with Crippen molar-refractivity contribution in [1.29, 1.82) is 0 Å². The van der Waals surface area contributed by atoms with Crippen molar-refractivity contribution in [3.63, 3.8) is 0 Å². The summed E-state index contributed by atoms with van der Waals surface area (Å²) in [4.78, 5) is 0. The van der Waals surface area contributed by atoms with Gasteiger partial charge in [-0.1, -0.05) is 75.3 Å². The molecule has 1 heterocycles. The average molecular weight is 308 g/mol. The molecule has 0 fully saturated rings. The van der Waals surface area contributed by atoms with Gasteiger partial charge in [0.2, 0.25) is 0 Å². The fourth-order valence-electron chi connectivity index (χ4n) is 3.69. The van der Waals surface area contributed by atoms with Gasteiger partial charge in [0.15, 0.2) is 0 Å². The normalized spacial score (nSPS) is 12.0. The zero-order valence-electron chi connectivity index (χ0n) is 13.8. The summed E-state index contributed by atoms with van der Waals surface area (Å²) in [5.41, 5.74) is 2.64. The first-order valence-electron chi connectivity index (χ1n) is 8.42. The lowest BCUT2D eigenvalue weighted by atomic mass is 10.2. The van der Waals surface area contributed by atoms with E-state index in [1.807, 2.05) is 0 Å². The summed E-state index contributed by atoms with van der Waals surface area (Å²) in [5.74, 6) is 0. The third kappa shape index (κ3) is 2.32. The standard InChI is InChI=1S/C20H25NSi/c1-4-22(5-2,6-3)20-16-17-12-10-11-15-19(17)21(20)18-13-8-7-9-14-18/h7-16H,4-6H2,1-3H3. The molecule has 0 atom stereocenters. The van der Waals surface area contributed by atoms with Gasteiger partial charge < -0.3 is 4.57 Å². The van der Waals surface area contributed by atoms with Gasteiger partial charge in [0.25, 0.3) is 0 Å². The van der Waals surface area contributed by atoms with Crippen LogP contribution in [-0.2, 0) is 0 Å². The van der Waals surface area contributed by atoms with Gasteiger partial charge in [0.05, 0.1) is 5.52 Å². The van der Waals surface area contributed by atoms with Crippen molar-refractivity contribution in [3.8, 4) is 5.69 Å². The molecular weight excluding hydrogens is 282 g/mol. The summed E-state index contributed by atoms with van der Waals surface area (Å²) in [6, 6.07) is 26.0. The second-order valence-corrected chi connectivity index (χ2v) is 11.3. The molecule has 0 amide bonds. The van der Waals surface area contributed by atoms with Crippen LogP contribution in [0, 0.1) is 0 Å². The second kappa shape index (κ2) is 6.13. The molecule has 0 aliphatic carbocycles. The molecule has 0 bridgehead atoms. The van der Waals surface area contributed by atoms with E-state index in [4.69, 9.17) is 0 Å². The highest BCUT2D eigenvalue weighted by atomic mass is 28.3. The van der Waals surface area contributed by atoms with E-state index in [2.05, 4.69) is 86.0 Å². The van der Waals surface area contributed by atoms with Gasteiger partial charge in [-0.2, -0.15) is 0 Å². The minimum atomic E-state index is -1.44. The van der Waals surface area contributed by atoms with Crippen LogP contribution in [0.2, 0.25) is 18.1 Å². The van der Waals surface area contributed by atoms with E-state index in [9.17, 15) is 0 Å². The molecular formula is C20H25NSi. The van der Waals surface area contributed by atoms with Gasteiger partial charge in [-0.25, -0.2) is 0 Å². The summed E-state index contributed by atoms with van der Waals surface area (Å²) in [7, 11) is -1.44. The summed E-state index contributed by atoms with van der Waals surface area (Å²) in [6.07, 6.45) is 0. The molecule has 0 N–H and O–H groups in total. The van der Waals surface area contributed by atoms with Gasteiger partial charge >= 0.3 is 0 Å². The van der Waals surface area contributed by atoms with E-state index in [1.54, 1.807) is 5.32 Å². The van der Waals surface area contributed by atoms with Crippen LogP contribution in [0.3, 0.4) is 0 Å². The fraction of sp³-hybridized carbons (Fsp3) is 0.300. The lowest BCUT2D eigenvalue weighted by molar-refractivity contribution is 1.11. The number of hydrogen-bond acceptors (Lipinski definition) is 0. The van der Waals surface area contributed by atoms with E-state index in [1.165, 1.54) is 34.7 Å². The van der Waals surface area contributed by atoms with E-state index < -0.39 is 8.07 Å². The first-order valence-corrected chi connectivity index (χ1v) is 11.0. The SMILES string of the molecule is CC[Si](CC)(CC)c1cc2ccccc2n1-c1ccccc1. The Bertz CT molecular complexity index is 745. The van der Waals surface area contributed by atoms with E-state index in [0.29, 0.717) is 0 Å². The number of aromatic nitrogens is 1. The van der Waals surface area contributed by atoms with Crippen molar-refractivity contribution in [2.45, 2.75) is 38.9 Å². The number of hydrogen-bond donors (Lipinski definition) is 0. The van der Waals surface area contributed by atoms with Gasteiger partial charge in [-0.3, -0.25) is 0 Å². The Morgan fingerprint density at radius 3 is 2.00 bits per heavy atom. The Balaban J connectivity index is 2.35. The zero-order valence-corrected chi connectivity index (χ0v) is 14.8. The molecule has 0 aliphatic heterocycles. The molecule has 0 unspecified atom stereocenters. The van der Waals surface area contributed by atoms with Crippen LogP contribution in [0.25, 0.3) is 16.6 Å². The Hall–Kier alpha value is -1.80. The average Bonchev–Trinajstić information content (AvgIpc) is 2.98. The van der Waals surface area contributed by atoms with E-state index in [-0.39, 0.29) is 0 Å². The van der Waals surface area contributed by atoms with Crippen LogP contribution in [0.4, 0.5) is 0 Å². The highest BCUT2D eigenvalue weighted by molar-refractivity contribution is 6.91. The molecule has 114 valence electrons. The van der Waals surface area contributed by atoms with Crippen molar-refractivity contribution in [2.75, 3.05) is 0 Å². The lowest BCUT2D eigenvalue weighted by Gasteiger charge is -2.30. The van der Waals surface area contributed by atoms with Crippen LogP contribution in [0.5, 0.6) is 0 Å². The number of rotatable bonds is 5. The molecule has 22 heavy (non-hydrogen) atoms. The highest BCUT2D eigenvalue weighted by Crippen LogP contribution is 2.27. The minimum absolute atomic E-state index is 1.30. The van der Waals surface area contributed by atoms with Gasteiger partial charge in [-0.05, 0) is 29.7 Å². The topological polar surface area (TPSA) is 4.93 Å². The molecule has 0 aliphatic rings. The maximum Gasteiger partial charge on any atom is 0.107 e. The molecule has 0 saturated carbocycles. The van der Waals surface area contributed by atoms with Crippen LogP contribution in [-0.4, -0.2) is 12.6 Å². The quantitative estimate of drug-likeness (QED) is 0.560. The molecule has 2 heteroatoms. The molecule has 2 aromatic carbocycles. The molecule has 0 saturated heterocycles. The highest BCUT2D eigenvalue weighted by Gasteiger charge is 2.33. The van der Waals surface area contributed by atoms with Gasteiger partial charge in [0, 0.05) is 11.0 Å². The van der Waals surface area contributed by atoms with E-state index in [0.717, 1.165) is 0 Å². The molecule has 1 nitrogen and oxygen atoms in total. The smallest absolute Gasteiger partial charge is 0.107 e. The van der Waals surface area contributed by atoms with Crippen LogP contribution in [0.15, 0.2) is 60.7 Å². The summed E-state index contributed by atoms with van der Waals surface area (Å²) in [6.45, 7) is 7.14. The maximum atomic E-state index is 2.53. The van der Waals surface area contributed by atoms with Crippen LogP contribution >= 0.6 is 0 Å². The third-order valence-electron chi connectivity index (χ3n) is 5.30. The number of benzene rings is 2. The molecule has 3 aromatic rings. The third-order valence-corrected chi connectivity index (χ3v) is 10.8. The Labute approximate surface area is 134 Å². The van der Waals surface area contributed by atoms with Crippen molar-refractivity contribution < 1.29 is 0 Å². The Morgan fingerprint density at radius 2 is 1.36 bits per heavy atom. The van der Waals surface area contributed by atoms with Crippen molar-refractivity contribution in [3.05, 3.63) is 60.7 Å². The first kappa shape index (κ1) is 15.1. The van der Waals surface area contributed by atoms with Crippen molar-refractivity contribution in [1.82, 2.24) is 4.57 Å². The summed E-state index contributed by atoms with van der Waals surface area (Å²) in [5, 5.41) is 2.96. The van der Waals surface area contributed by atoms with Crippen LogP contribution < -0.4 is 5.32 Å². The molecule has 3 rings (SSSR count). The van der Waals surface area contributed by atoms with Crippen molar-refractivity contribution >= 4 is 24.3 Å². The lowest BCUT2D eigenvalue weighted by Crippen LogP contribution is -2.49. The van der Waals surface area contributed by atoms with Gasteiger partial charge in [0.1, 0.15) is 8.07 Å². The van der Waals surface area contributed by atoms with Crippen molar-refractivity contribution in [2.24, 2.45) is 0 Å². The summed E-state index contributed by atoms with van der Waals surface area (Å²) >= 11 is 0. The predicted octanol–water partition coefficient (Wildman–Crippen LogP) is 5.35. The first-order chi connectivity index (χ1) is 10.8. The monoisotopic (exact) mass is 307 g/mol. The number of fused-ring (bicyclic) bond motifs is 1. The number of nitrogens with zero attached hydrogens (tertiary/aromatic N) is 1. The van der Waals surface area contributed by atoms with E-state index >= 15 is 0 Å². The van der Waals surface area contributed by atoms with Gasteiger partial charge in [-0.15, -0.1) is 0 Å². The largest absolute Gasteiger partial charge is 0.318 e. The second-order valence-electron chi connectivity index (χ2n) is 6.10. The Morgan fingerprint density at radius 1 is 0.773 bits per heavy atom.